The van der Waals surface area contributed by atoms with Gasteiger partial charge in [-0.1, -0.05) is 12.1 Å². The Kier molecular flexibility index (Phi) is 3.97. The Balaban J connectivity index is 2.22. The van der Waals surface area contributed by atoms with Crippen LogP contribution in [0.4, 0.5) is 0 Å². The summed E-state index contributed by atoms with van der Waals surface area (Å²) in [5.74, 6) is -1.38. The molecule has 0 fully saturated rings. The quantitative estimate of drug-likeness (QED) is 0.933. The van der Waals surface area contributed by atoms with E-state index in [9.17, 15) is 9.59 Å². The van der Waals surface area contributed by atoms with E-state index in [1.54, 1.807) is 30.5 Å². The summed E-state index contributed by atoms with van der Waals surface area (Å²) in [6, 6.07) is 8.19. The van der Waals surface area contributed by atoms with Crippen molar-refractivity contribution in [3.63, 3.8) is 0 Å². The van der Waals surface area contributed by atoms with Crippen molar-refractivity contribution in [3.8, 4) is 0 Å². The highest BCUT2D eigenvalue weighted by Gasteiger charge is 2.19. The molecule has 0 bridgehead atoms. The van der Waals surface area contributed by atoms with E-state index < -0.39 is 5.97 Å². The number of carbonyl (C=O) groups excluding carboxylic acids is 1. The van der Waals surface area contributed by atoms with Crippen molar-refractivity contribution in [2.45, 2.75) is 6.54 Å². The third-order valence-electron chi connectivity index (χ3n) is 2.73. The molecule has 0 saturated carbocycles. The highest BCUT2D eigenvalue weighted by atomic mass is 32.1. The van der Waals surface area contributed by atoms with Gasteiger partial charge >= 0.3 is 5.97 Å². The van der Waals surface area contributed by atoms with E-state index in [4.69, 9.17) is 5.11 Å². The number of aromatic carboxylic acids is 1. The monoisotopic (exact) mass is 275 g/mol. The fourth-order valence-electron chi connectivity index (χ4n) is 1.79. The molecule has 0 radical (unpaired) electrons. The fraction of sp³-hybridized carbons (Fsp3) is 0.143. The largest absolute Gasteiger partial charge is 0.478 e. The van der Waals surface area contributed by atoms with Gasteiger partial charge in [0.25, 0.3) is 5.91 Å². The van der Waals surface area contributed by atoms with Crippen LogP contribution in [-0.4, -0.2) is 28.9 Å². The SMILES string of the molecule is CN(Cc1ccsc1)C(=O)c1ccccc1C(=O)O. The number of carbonyl (C=O) groups is 2. The van der Waals surface area contributed by atoms with Crippen LogP contribution in [0.25, 0.3) is 0 Å². The predicted molar refractivity (Wildman–Crippen MR) is 73.5 cm³/mol. The number of thiophene rings is 1. The molecule has 2 aromatic rings. The molecular weight excluding hydrogens is 262 g/mol. The molecule has 19 heavy (non-hydrogen) atoms. The molecule has 0 atom stereocenters. The zero-order chi connectivity index (χ0) is 13.8. The first kappa shape index (κ1) is 13.3. The Hall–Kier alpha value is -2.14. The molecule has 0 aliphatic rings. The van der Waals surface area contributed by atoms with E-state index in [-0.39, 0.29) is 17.0 Å². The molecule has 0 saturated heterocycles. The van der Waals surface area contributed by atoms with Crippen LogP contribution < -0.4 is 0 Å². The minimum Gasteiger partial charge on any atom is -0.478 e. The van der Waals surface area contributed by atoms with Gasteiger partial charge in [0.1, 0.15) is 0 Å². The number of benzene rings is 1. The van der Waals surface area contributed by atoms with Gasteiger partial charge in [-0.2, -0.15) is 11.3 Å². The molecule has 4 nitrogen and oxygen atoms in total. The van der Waals surface area contributed by atoms with Crippen molar-refractivity contribution in [2.75, 3.05) is 7.05 Å². The highest BCUT2D eigenvalue weighted by Crippen LogP contribution is 2.14. The lowest BCUT2D eigenvalue weighted by Gasteiger charge is -2.17. The lowest BCUT2D eigenvalue weighted by Crippen LogP contribution is -2.27. The Labute approximate surface area is 114 Å². The fourth-order valence-corrected chi connectivity index (χ4v) is 2.45. The van der Waals surface area contributed by atoms with Crippen LogP contribution in [-0.2, 0) is 6.54 Å². The summed E-state index contributed by atoms with van der Waals surface area (Å²) in [5.41, 5.74) is 1.28. The van der Waals surface area contributed by atoms with Crippen LogP contribution in [0.2, 0.25) is 0 Å². The molecule has 1 aromatic carbocycles. The Morgan fingerprint density at radius 2 is 1.89 bits per heavy atom. The summed E-state index contributed by atoms with van der Waals surface area (Å²) < 4.78 is 0. The zero-order valence-corrected chi connectivity index (χ0v) is 11.2. The lowest BCUT2D eigenvalue weighted by molar-refractivity contribution is 0.0680. The summed E-state index contributed by atoms with van der Waals surface area (Å²) in [4.78, 5) is 24.9. The topological polar surface area (TPSA) is 57.6 Å². The maximum absolute atomic E-state index is 12.3. The average molecular weight is 275 g/mol. The van der Waals surface area contributed by atoms with E-state index in [2.05, 4.69) is 0 Å². The van der Waals surface area contributed by atoms with Crippen LogP contribution in [0.15, 0.2) is 41.1 Å². The molecule has 1 N–H and O–H groups in total. The molecule has 0 unspecified atom stereocenters. The van der Waals surface area contributed by atoms with Gasteiger partial charge in [0, 0.05) is 13.6 Å². The van der Waals surface area contributed by atoms with Gasteiger partial charge < -0.3 is 10.0 Å². The summed E-state index contributed by atoms with van der Waals surface area (Å²) in [6.45, 7) is 0.469. The summed E-state index contributed by atoms with van der Waals surface area (Å²) in [7, 11) is 1.67. The summed E-state index contributed by atoms with van der Waals surface area (Å²) in [5, 5.41) is 13.0. The molecule has 0 aliphatic heterocycles. The van der Waals surface area contributed by atoms with Crippen LogP contribution in [0.1, 0.15) is 26.3 Å². The van der Waals surface area contributed by atoms with E-state index in [1.807, 2.05) is 16.8 Å². The van der Waals surface area contributed by atoms with E-state index in [0.717, 1.165) is 5.56 Å². The second-order valence-corrected chi connectivity index (χ2v) is 4.92. The first-order chi connectivity index (χ1) is 9.09. The van der Waals surface area contributed by atoms with Gasteiger partial charge in [-0.05, 0) is 34.5 Å². The maximum Gasteiger partial charge on any atom is 0.336 e. The first-order valence-corrected chi connectivity index (χ1v) is 6.62. The zero-order valence-electron chi connectivity index (χ0n) is 10.4. The summed E-state index contributed by atoms with van der Waals surface area (Å²) in [6.07, 6.45) is 0. The van der Waals surface area contributed by atoms with Crippen LogP contribution in [0.5, 0.6) is 0 Å². The lowest BCUT2D eigenvalue weighted by atomic mass is 10.1. The minimum atomic E-state index is -1.09. The number of carboxylic acid groups (broad SMARTS) is 1. The van der Waals surface area contributed by atoms with Gasteiger partial charge in [0.05, 0.1) is 11.1 Å². The van der Waals surface area contributed by atoms with Gasteiger partial charge in [-0.15, -0.1) is 0 Å². The molecule has 1 heterocycles. The number of carboxylic acids is 1. The molecule has 5 heteroatoms. The highest BCUT2D eigenvalue weighted by molar-refractivity contribution is 7.07. The van der Waals surface area contributed by atoms with E-state index in [1.165, 1.54) is 17.0 Å². The van der Waals surface area contributed by atoms with Gasteiger partial charge in [-0.3, -0.25) is 4.79 Å². The van der Waals surface area contributed by atoms with Crippen LogP contribution >= 0.6 is 11.3 Å². The molecule has 1 amide bonds. The van der Waals surface area contributed by atoms with Crippen molar-refractivity contribution in [1.82, 2.24) is 4.90 Å². The second kappa shape index (κ2) is 5.67. The number of hydrogen-bond donors (Lipinski definition) is 1. The molecule has 1 aromatic heterocycles. The number of rotatable bonds is 4. The van der Waals surface area contributed by atoms with Crippen LogP contribution in [0.3, 0.4) is 0 Å². The van der Waals surface area contributed by atoms with Crippen molar-refractivity contribution in [1.29, 1.82) is 0 Å². The standard InChI is InChI=1S/C14H13NO3S/c1-15(8-10-6-7-19-9-10)13(16)11-4-2-3-5-12(11)14(17)18/h2-7,9H,8H2,1H3,(H,17,18). The normalized spacial score (nSPS) is 10.2. The minimum absolute atomic E-state index is 0.0321. The van der Waals surface area contributed by atoms with Gasteiger partial charge in [-0.25, -0.2) is 4.79 Å². The van der Waals surface area contributed by atoms with Gasteiger partial charge in [0.2, 0.25) is 0 Å². The maximum atomic E-state index is 12.3. The van der Waals surface area contributed by atoms with Crippen molar-refractivity contribution in [3.05, 3.63) is 57.8 Å². The Bertz CT molecular complexity index is 592. The number of amides is 1. The second-order valence-electron chi connectivity index (χ2n) is 4.14. The predicted octanol–water partition coefficient (Wildman–Crippen LogP) is 2.72. The first-order valence-electron chi connectivity index (χ1n) is 5.68. The molecular formula is C14H13NO3S. The molecule has 98 valence electrons. The third-order valence-corrected chi connectivity index (χ3v) is 3.47. The van der Waals surface area contributed by atoms with Crippen molar-refractivity contribution < 1.29 is 14.7 Å². The molecule has 0 spiro atoms. The summed E-state index contributed by atoms with van der Waals surface area (Å²) >= 11 is 1.57. The van der Waals surface area contributed by atoms with E-state index >= 15 is 0 Å². The van der Waals surface area contributed by atoms with Gasteiger partial charge in [0.15, 0.2) is 0 Å². The van der Waals surface area contributed by atoms with E-state index in [0.29, 0.717) is 6.54 Å². The molecule has 0 aliphatic carbocycles. The number of nitrogens with zero attached hydrogens (tertiary/aromatic N) is 1. The van der Waals surface area contributed by atoms with Crippen LogP contribution in [0, 0.1) is 0 Å². The third kappa shape index (κ3) is 3.00. The van der Waals surface area contributed by atoms with Crippen molar-refractivity contribution in [2.24, 2.45) is 0 Å². The Morgan fingerprint density at radius 3 is 2.47 bits per heavy atom. The van der Waals surface area contributed by atoms with Crippen molar-refractivity contribution >= 4 is 23.2 Å². The number of hydrogen-bond acceptors (Lipinski definition) is 3. The average Bonchev–Trinajstić information content (AvgIpc) is 2.90. The Morgan fingerprint density at radius 1 is 1.21 bits per heavy atom. The molecule has 2 rings (SSSR count). The smallest absolute Gasteiger partial charge is 0.336 e.